The minimum atomic E-state index is -0.318. The minimum Gasteiger partial charge on any atom is -0.381 e. The first-order valence-corrected chi connectivity index (χ1v) is 9.61. The van der Waals surface area contributed by atoms with Gasteiger partial charge in [-0.2, -0.15) is 0 Å². The van der Waals surface area contributed by atoms with Gasteiger partial charge >= 0.3 is 0 Å². The van der Waals surface area contributed by atoms with Crippen LogP contribution in [-0.2, 0) is 9.53 Å². The Hall–Kier alpha value is -0.550. The Morgan fingerprint density at radius 3 is 2.73 bits per heavy atom. The van der Waals surface area contributed by atoms with Crippen LogP contribution in [0.15, 0.2) is 4.99 Å². The Kier molecular flexibility index (Phi) is 5.45. The molecule has 4 nitrogen and oxygen atoms in total. The summed E-state index contributed by atoms with van der Waals surface area (Å²) in [5.74, 6) is 0.862. The van der Waals surface area contributed by atoms with Crippen LogP contribution in [0.5, 0.6) is 0 Å². The number of carbonyl (C=O) groups is 1. The molecule has 1 spiro atoms. The quantitative estimate of drug-likeness (QED) is 0.808. The van der Waals surface area contributed by atoms with Gasteiger partial charge in [-0.15, -0.1) is 0 Å². The molecule has 1 aliphatic heterocycles. The van der Waals surface area contributed by atoms with Gasteiger partial charge in [-0.05, 0) is 44.4 Å². The lowest BCUT2D eigenvalue weighted by molar-refractivity contribution is -0.123. The number of hydrogen-bond donors (Lipinski definition) is 1. The highest BCUT2D eigenvalue weighted by atomic mass is 32.2. The van der Waals surface area contributed by atoms with Crippen molar-refractivity contribution in [2.45, 2.75) is 75.1 Å². The summed E-state index contributed by atoms with van der Waals surface area (Å²) in [4.78, 5) is 17.2. The molecule has 0 aromatic heterocycles. The van der Waals surface area contributed by atoms with E-state index in [1.807, 2.05) is 0 Å². The number of nitrogens with zero attached hydrogens (tertiary/aromatic N) is 1. The molecule has 1 heterocycles. The van der Waals surface area contributed by atoms with E-state index in [-0.39, 0.29) is 16.8 Å². The van der Waals surface area contributed by atoms with Crippen LogP contribution in [0.3, 0.4) is 0 Å². The summed E-state index contributed by atoms with van der Waals surface area (Å²) < 4.78 is 5.18. The standard InChI is InChI=1S/C17H28N2O2S/c1-21-14-9-6-10-17(11-14)15(20)19-16(22-17)18-12-13-7-4-2-3-5-8-13/h13-14H,2-12H2,1H3,(H,18,19,20). The number of methoxy groups -OCH3 is 1. The second-order valence-electron chi connectivity index (χ2n) is 7.01. The number of ether oxygens (including phenoxy) is 1. The summed E-state index contributed by atoms with van der Waals surface area (Å²) in [7, 11) is 1.75. The van der Waals surface area contributed by atoms with Crippen molar-refractivity contribution in [1.29, 1.82) is 0 Å². The maximum Gasteiger partial charge on any atom is 0.242 e. The zero-order chi connectivity index (χ0) is 15.4. The molecule has 1 N–H and O–H groups in total. The van der Waals surface area contributed by atoms with Crippen molar-refractivity contribution < 1.29 is 9.53 Å². The third kappa shape index (κ3) is 3.67. The molecule has 3 rings (SSSR count). The zero-order valence-corrected chi connectivity index (χ0v) is 14.4. The second kappa shape index (κ2) is 7.35. The van der Waals surface area contributed by atoms with Crippen LogP contribution >= 0.6 is 11.8 Å². The normalized spacial score (nSPS) is 35.8. The Morgan fingerprint density at radius 1 is 1.23 bits per heavy atom. The van der Waals surface area contributed by atoms with E-state index in [0.717, 1.165) is 37.4 Å². The van der Waals surface area contributed by atoms with Crippen LogP contribution in [0.2, 0.25) is 0 Å². The largest absolute Gasteiger partial charge is 0.381 e. The average molecular weight is 324 g/mol. The van der Waals surface area contributed by atoms with Crippen LogP contribution < -0.4 is 5.32 Å². The van der Waals surface area contributed by atoms with Gasteiger partial charge in [0, 0.05) is 13.7 Å². The van der Waals surface area contributed by atoms with E-state index in [9.17, 15) is 4.79 Å². The van der Waals surface area contributed by atoms with Crippen molar-refractivity contribution in [2.24, 2.45) is 10.9 Å². The molecule has 3 fully saturated rings. The van der Waals surface area contributed by atoms with E-state index >= 15 is 0 Å². The van der Waals surface area contributed by atoms with Crippen LogP contribution in [0.1, 0.15) is 64.2 Å². The van der Waals surface area contributed by atoms with Crippen LogP contribution in [0, 0.1) is 5.92 Å². The number of amidine groups is 1. The fraction of sp³-hybridized carbons (Fsp3) is 0.882. The van der Waals surface area contributed by atoms with Gasteiger partial charge in [-0.25, -0.2) is 0 Å². The Balaban J connectivity index is 1.59. The first kappa shape index (κ1) is 16.3. The van der Waals surface area contributed by atoms with Gasteiger partial charge < -0.3 is 10.1 Å². The van der Waals surface area contributed by atoms with Crippen molar-refractivity contribution in [3.63, 3.8) is 0 Å². The highest BCUT2D eigenvalue weighted by molar-refractivity contribution is 8.16. The topological polar surface area (TPSA) is 50.7 Å². The van der Waals surface area contributed by atoms with Crippen molar-refractivity contribution in [3.05, 3.63) is 0 Å². The maximum atomic E-state index is 12.5. The first-order chi connectivity index (χ1) is 10.7. The first-order valence-electron chi connectivity index (χ1n) is 8.79. The number of carbonyl (C=O) groups excluding carboxylic acids is 1. The molecule has 22 heavy (non-hydrogen) atoms. The predicted molar refractivity (Wildman–Crippen MR) is 91.2 cm³/mol. The van der Waals surface area contributed by atoms with Gasteiger partial charge in [0.05, 0.1) is 6.10 Å². The Bertz CT molecular complexity index is 432. The fourth-order valence-corrected chi connectivity index (χ4v) is 5.30. The molecule has 2 unspecified atom stereocenters. The summed E-state index contributed by atoms with van der Waals surface area (Å²) in [6.07, 6.45) is 12.2. The van der Waals surface area contributed by atoms with Gasteiger partial charge in [0.25, 0.3) is 0 Å². The number of hydrogen-bond acceptors (Lipinski definition) is 4. The van der Waals surface area contributed by atoms with E-state index in [0.29, 0.717) is 5.92 Å². The summed E-state index contributed by atoms with van der Waals surface area (Å²) in [6, 6.07) is 0. The van der Waals surface area contributed by atoms with Gasteiger partial charge in [-0.1, -0.05) is 37.4 Å². The van der Waals surface area contributed by atoms with Crippen LogP contribution in [-0.4, -0.2) is 35.6 Å². The van der Waals surface area contributed by atoms with E-state index < -0.39 is 0 Å². The molecular formula is C17H28N2O2S. The lowest BCUT2D eigenvalue weighted by atomic mass is 9.85. The van der Waals surface area contributed by atoms with Gasteiger partial charge in [0.1, 0.15) is 4.75 Å². The van der Waals surface area contributed by atoms with Crippen molar-refractivity contribution in [3.8, 4) is 0 Å². The number of nitrogens with one attached hydrogen (secondary N) is 1. The van der Waals surface area contributed by atoms with Gasteiger partial charge in [0.2, 0.25) is 5.91 Å². The molecule has 124 valence electrons. The molecule has 0 aromatic rings. The number of aliphatic imine (C=N–C) groups is 1. The van der Waals surface area contributed by atoms with Crippen molar-refractivity contribution in [1.82, 2.24) is 5.32 Å². The van der Waals surface area contributed by atoms with Crippen LogP contribution in [0.4, 0.5) is 0 Å². The molecule has 1 amide bonds. The highest BCUT2D eigenvalue weighted by Gasteiger charge is 2.49. The summed E-state index contributed by atoms with van der Waals surface area (Å²) in [6.45, 7) is 0.881. The third-order valence-electron chi connectivity index (χ3n) is 5.39. The lowest BCUT2D eigenvalue weighted by Crippen LogP contribution is -2.42. The van der Waals surface area contributed by atoms with Gasteiger partial charge in [0.15, 0.2) is 5.17 Å². The molecule has 0 radical (unpaired) electrons. The van der Waals surface area contributed by atoms with Gasteiger partial charge in [-0.3, -0.25) is 9.79 Å². The minimum absolute atomic E-state index is 0.152. The molecule has 0 bridgehead atoms. The number of amides is 1. The van der Waals surface area contributed by atoms with E-state index in [4.69, 9.17) is 9.73 Å². The molecular weight excluding hydrogens is 296 g/mol. The highest BCUT2D eigenvalue weighted by Crippen LogP contribution is 2.44. The summed E-state index contributed by atoms with van der Waals surface area (Å²) in [5.41, 5.74) is 0. The van der Waals surface area contributed by atoms with Crippen LogP contribution in [0.25, 0.3) is 0 Å². The average Bonchev–Trinajstić information content (AvgIpc) is 2.73. The third-order valence-corrected chi connectivity index (χ3v) is 6.76. The molecule has 2 atom stereocenters. The summed E-state index contributed by atoms with van der Waals surface area (Å²) in [5, 5.41) is 3.89. The zero-order valence-electron chi connectivity index (χ0n) is 13.6. The molecule has 3 aliphatic rings. The van der Waals surface area contributed by atoms with E-state index in [2.05, 4.69) is 5.32 Å². The lowest BCUT2D eigenvalue weighted by Gasteiger charge is -2.33. The molecule has 0 aromatic carbocycles. The molecule has 1 saturated heterocycles. The van der Waals surface area contributed by atoms with E-state index in [1.165, 1.54) is 38.5 Å². The number of thioether (sulfide) groups is 1. The van der Waals surface area contributed by atoms with E-state index in [1.54, 1.807) is 18.9 Å². The smallest absolute Gasteiger partial charge is 0.242 e. The Morgan fingerprint density at radius 2 is 2.00 bits per heavy atom. The van der Waals surface area contributed by atoms with Crippen molar-refractivity contribution >= 4 is 22.8 Å². The monoisotopic (exact) mass is 324 g/mol. The Labute approximate surface area is 137 Å². The SMILES string of the molecule is COC1CCCC2(C1)SC(=NCC1CCCCCC1)NC2=O. The predicted octanol–water partition coefficient (Wildman–Crippen LogP) is 3.50. The number of rotatable bonds is 3. The maximum absolute atomic E-state index is 12.5. The van der Waals surface area contributed by atoms with Crippen molar-refractivity contribution in [2.75, 3.05) is 13.7 Å². The summed E-state index contributed by atoms with van der Waals surface area (Å²) >= 11 is 1.66. The molecule has 5 heteroatoms. The molecule has 2 aliphatic carbocycles. The second-order valence-corrected chi connectivity index (χ2v) is 8.38. The fourth-order valence-electron chi connectivity index (χ4n) is 3.99. The molecule has 2 saturated carbocycles.